The summed E-state index contributed by atoms with van der Waals surface area (Å²) < 4.78 is 30.2. The number of hydrogen-bond acceptors (Lipinski definition) is 4. The molecule has 1 saturated carbocycles. The summed E-state index contributed by atoms with van der Waals surface area (Å²) in [5.74, 6) is 0.334. The molecule has 0 bridgehead atoms. The van der Waals surface area contributed by atoms with Crippen LogP contribution in [0.5, 0.6) is 0 Å². The van der Waals surface area contributed by atoms with Crippen LogP contribution in [0.25, 0.3) is 10.8 Å². The number of nitrogens with zero attached hydrogens (tertiary/aromatic N) is 1. The van der Waals surface area contributed by atoms with E-state index in [2.05, 4.69) is 21.1 Å². The molecule has 2 aliphatic carbocycles. The van der Waals surface area contributed by atoms with E-state index in [0.717, 1.165) is 46.0 Å². The monoisotopic (exact) mass is 491 g/mol. The number of nitrogens with one attached hydrogen (secondary N) is 2. The molecule has 0 radical (unpaired) electrons. The van der Waals surface area contributed by atoms with Gasteiger partial charge in [-0.1, -0.05) is 44.2 Å². The maximum absolute atomic E-state index is 13.7. The highest BCUT2D eigenvalue weighted by molar-refractivity contribution is 7.89. The maximum atomic E-state index is 13.7. The third kappa shape index (κ3) is 5.26. The van der Waals surface area contributed by atoms with Gasteiger partial charge in [-0.3, -0.25) is 9.78 Å². The molecule has 1 atom stereocenters. The van der Waals surface area contributed by atoms with Crippen LogP contribution in [0.4, 0.5) is 0 Å². The molecular formula is C28H33N3O3S. The normalized spacial score (nSPS) is 18.0. The van der Waals surface area contributed by atoms with Crippen molar-refractivity contribution in [1.82, 2.24) is 15.0 Å². The van der Waals surface area contributed by atoms with Crippen LogP contribution in [0.1, 0.15) is 61.4 Å². The van der Waals surface area contributed by atoms with Gasteiger partial charge in [-0.15, -0.1) is 0 Å². The van der Waals surface area contributed by atoms with Crippen molar-refractivity contribution < 1.29 is 13.2 Å². The Kier molecular flexibility index (Phi) is 6.64. The Morgan fingerprint density at radius 2 is 1.89 bits per heavy atom. The number of amides is 1. The summed E-state index contributed by atoms with van der Waals surface area (Å²) >= 11 is 0. The van der Waals surface area contributed by atoms with Gasteiger partial charge in [0.05, 0.1) is 4.90 Å². The zero-order valence-corrected chi connectivity index (χ0v) is 21.2. The Morgan fingerprint density at radius 3 is 2.60 bits per heavy atom. The van der Waals surface area contributed by atoms with Crippen molar-refractivity contribution in [1.29, 1.82) is 0 Å². The molecule has 0 aliphatic heterocycles. The van der Waals surface area contributed by atoms with E-state index in [1.165, 1.54) is 0 Å². The highest BCUT2D eigenvalue weighted by Gasteiger charge is 2.33. The number of rotatable bonds is 8. The van der Waals surface area contributed by atoms with E-state index >= 15 is 0 Å². The Balaban J connectivity index is 1.50. The molecule has 2 aromatic carbocycles. The molecule has 1 aromatic heterocycles. The van der Waals surface area contributed by atoms with E-state index in [9.17, 15) is 13.2 Å². The fourth-order valence-electron chi connectivity index (χ4n) is 4.91. The van der Waals surface area contributed by atoms with Crippen LogP contribution >= 0.6 is 0 Å². The van der Waals surface area contributed by atoms with Crippen molar-refractivity contribution in [2.24, 2.45) is 11.8 Å². The van der Waals surface area contributed by atoms with Crippen LogP contribution in [-0.4, -0.2) is 25.9 Å². The van der Waals surface area contributed by atoms with Crippen molar-refractivity contribution in [3.05, 3.63) is 71.0 Å². The van der Waals surface area contributed by atoms with Gasteiger partial charge < -0.3 is 5.32 Å². The summed E-state index contributed by atoms with van der Waals surface area (Å²) in [6, 6.07) is 13.9. The van der Waals surface area contributed by atoms with E-state index in [-0.39, 0.29) is 17.7 Å². The zero-order chi connectivity index (χ0) is 24.6. The average molecular weight is 492 g/mol. The SMILES string of the molecule is CC(C)CNS(=O)(=O)c1c2c(cc3cnc(C4CC4)cc13)CCC(C(=O)NCc1ccccc1)C2. The number of pyridine rings is 1. The smallest absolute Gasteiger partial charge is 0.241 e. The summed E-state index contributed by atoms with van der Waals surface area (Å²) in [4.78, 5) is 18.1. The molecule has 1 amide bonds. The van der Waals surface area contributed by atoms with Crippen LogP contribution in [0, 0.1) is 11.8 Å². The number of aryl methyl sites for hydroxylation is 1. The van der Waals surface area contributed by atoms with Crippen LogP contribution in [0.3, 0.4) is 0 Å². The molecular weight excluding hydrogens is 458 g/mol. The molecule has 3 aromatic rings. The van der Waals surface area contributed by atoms with E-state index in [1.54, 1.807) is 0 Å². The van der Waals surface area contributed by atoms with Crippen molar-refractivity contribution in [3.8, 4) is 0 Å². The molecule has 1 unspecified atom stereocenters. The molecule has 5 rings (SSSR count). The first-order valence-electron chi connectivity index (χ1n) is 12.6. The summed E-state index contributed by atoms with van der Waals surface area (Å²) in [7, 11) is -3.76. The van der Waals surface area contributed by atoms with Gasteiger partial charge >= 0.3 is 0 Å². The van der Waals surface area contributed by atoms with E-state index in [4.69, 9.17) is 0 Å². The average Bonchev–Trinajstić information content (AvgIpc) is 3.70. The van der Waals surface area contributed by atoms with Crippen LogP contribution in [-0.2, 0) is 34.2 Å². The van der Waals surface area contributed by atoms with E-state index in [1.807, 2.05) is 56.4 Å². The molecule has 35 heavy (non-hydrogen) atoms. The molecule has 0 saturated heterocycles. The Bertz CT molecular complexity index is 1350. The highest BCUT2D eigenvalue weighted by Crippen LogP contribution is 2.42. The van der Waals surface area contributed by atoms with Crippen molar-refractivity contribution >= 4 is 26.7 Å². The fraction of sp³-hybridized carbons (Fsp3) is 0.429. The van der Waals surface area contributed by atoms with Crippen LogP contribution < -0.4 is 10.0 Å². The minimum atomic E-state index is -3.76. The summed E-state index contributed by atoms with van der Waals surface area (Å²) in [6.45, 7) is 4.82. The number of carbonyl (C=O) groups is 1. The van der Waals surface area contributed by atoms with Crippen molar-refractivity contribution in [2.45, 2.75) is 63.3 Å². The van der Waals surface area contributed by atoms with Gasteiger partial charge in [0.1, 0.15) is 0 Å². The highest BCUT2D eigenvalue weighted by atomic mass is 32.2. The van der Waals surface area contributed by atoms with Crippen LogP contribution in [0.2, 0.25) is 0 Å². The largest absolute Gasteiger partial charge is 0.352 e. The second kappa shape index (κ2) is 9.70. The molecule has 0 spiro atoms. The first-order valence-corrected chi connectivity index (χ1v) is 14.1. The van der Waals surface area contributed by atoms with E-state index in [0.29, 0.717) is 43.2 Å². The number of aromatic nitrogens is 1. The standard InChI is InChI=1S/C28H33N3O3S/c1-18(2)15-31-35(33,34)27-24-13-22(28(32)30-16-19-6-4-3-5-7-19)11-10-21(24)12-23-17-29-26(14-25(23)27)20-8-9-20/h3-7,12,14,17-18,20,22,31H,8-11,13,15-16H2,1-2H3,(H,30,32). The first-order chi connectivity index (χ1) is 16.8. The van der Waals surface area contributed by atoms with Gasteiger partial charge in [0.25, 0.3) is 0 Å². The Morgan fingerprint density at radius 1 is 1.11 bits per heavy atom. The fourth-order valence-corrected chi connectivity index (χ4v) is 6.62. The molecule has 7 heteroatoms. The van der Waals surface area contributed by atoms with Gasteiger partial charge in [-0.05, 0) is 66.8 Å². The van der Waals surface area contributed by atoms with Crippen LogP contribution in [0.15, 0.2) is 53.6 Å². The Hall–Kier alpha value is -2.77. The number of sulfonamides is 1. The molecule has 1 heterocycles. The molecule has 6 nitrogen and oxygen atoms in total. The summed E-state index contributed by atoms with van der Waals surface area (Å²) in [5, 5.41) is 4.63. The minimum Gasteiger partial charge on any atom is -0.352 e. The minimum absolute atomic E-state index is 0.0218. The molecule has 184 valence electrons. The molecule has 2 N–H and O–H groups in total. The number of benzene rings is 2. The molecule has 2 aliphatic rings. The Labute approximate surface area is 207 Å². The summed E-state index contributed by atoms with van der Waals surface area (Å²) in [5.41, 5.74) is 3.80. The van der Waals surface area contributed by atoms with Gasteiger partial charge in [0.15, 0.2) is 0 Å². The second-order valence-electron chi connectivity index (χ2n) is 10.3. The topological polar surface area (TPSA) is 88.2 Å². The molecule has 1 fully saturated rings. The number of hydrogen-bond donors (Lipinski definition) is 2. The predicted octanol–water partition coefficient (Wildman–Crippen LogP) is 4.47. The maximum Gasteiger partial charge on any atom is 0.241 e. The zero-order valence-electron chi connectivity index (χ0n) is 20.4. The lowest BCUT2D eigenvalue weighted by atomic mass is 9.82. The third-order valence-electron chi connectivity index (χ3n) is 7.03. The van der Waals surface area contributed by atoms with Crippen molar-refractivity contribution in [2.75, 3.05) is 6.54 Å². The second-order valence-corrected chi connectivity index (χ2v) is 12.0. The quantitative estimate of drug-likeness (QED) is 0.487. The van der Waals surface area contributed by atoms with Gasteiger partial charge in [-0.25, -0.2) is 13.1 Å². The lowest BCUT2D eigenvalue weighted by Crippen LogP contribution is -2.35. The first kappa shape index (κ1) is 23.9. The van der Waals surface area contributed by atoms with E-state index < -0.39 is 10.0 Å². The van der Waals surface area contributed by atoms with Gasteiger partial charge in [-0.2, -0.15) is 0 Å². The third-order valence-corrected chi connectivity index (χ3v) is 8.58. The predicted molar refractivity (Wildman–Crippen MR) is 138 cm³/mol. The lowest BCUT2D eigenvalue weighted by molar-refractivity contribution is -0.125. The van der Waals surface area contributed by atoms with Crippen molar-refractivity contribution in [3.63, 3.8) is 0 Å². The summed E-state index contributed by atoms with van der Waals surface area (Å²) in [6.07, 6.45) is 5.81. The van der Waals surface area contributed by atoms with Gasteiger partial charge in [0, 0.05) is 47.6 Å². The number of fused-ring (bicyclic) bond motifs is 2. The number of carbonyl (C=O) groups excluding carboxylic acids is 1. The lowest BCUT2D eigenvalue weighted by Gasteiger charge is -2.27. The van der Waals surface area contributed by atoms with Gasteiger partial charge in [0.2, 0.25) is 15.9 Å².